The summed E-state index contributed by atoms with van der Waals surface area (Å²) in [6.45, 7) is 2.00. The summed E-state index contributed by atoms with van der Waals surface area (Å²) in [6, 6.07) is 5.17. The Morgan fingerprint density at radius 2 is 2.33 bits per heavy atom. The number of benzene rings is 1. The number of carbonyl (C=O) groups is 1. The van der Waals surface area contributed by atoms with Gasteiger partial charge >= 0.3 is 0 Å². The lowest BCUT2D eigenvalue weighted by molar-refractivity contribution is -0.117. The van der Waals surface area contributed by atoms with Crippen molar-refractivity contribution in [2.75, 3.05) is 5.32 Å². The molecular formula is C13H16FN3O. The van der Waals surface area contributed by atoms with Crippen LogP contribution in [0.4, 0.5) is 10.1 Å². The van der Waals surface area contributed by atoms with Crippen molar-refractivity contribution in [1.29, 1.82) is 5.26 Å². The van der Waals surface area contributed by atoms with Crippen molar-refractivity contribution in [3.05, 3.63) is 29.6 Å². The maximum atomic E-state index is 13.3. The number of hydrogen-bond acceptors (Lipinski definition) is 3. The summed E-state index contributed by atoms with van der Waals surface area (Å²) >= 11 is 0. The lowest BCUT2D eigenvalue weighted by atomic mass is 10.1. The monoisotopic (exact) mass is 249 g/mol. The van der Waals surface area contributed by atoms with Gasteiger partial charge in [0, 0.05) is 0 Å². The average Bonchev–Trinajstić information content (AvgIpc) is 2.36. The summed E-state index contributed by atoms with van der Waals surface area (Å²) in [7, 11) is 0. The van der Waals surface area contributed by atoms with Gasteiger partial charge in [-0.2, -0.15) is 5.26 Å². The quantitative estimate of drug-likeness (QED) is 0.839. The Bertz CT molecular complexity index is 468. The largest absolute Gasteiger partial charge is 0.323 e. The van der Waals surface area contributed by atoms with Crippen LogP contribution in [-0.4, -0.2) is 11.9 Å². The predicted molar refractivity (Wildman–Crippen MR) is 67.2 cm³/mol. The van der Waals surface area contributed by atoms with E-state index in [1.165, 1.54) is 18.2 Å². The summed E-state index contributed by atoms with van der Waals surface area (Å²) in [5.41, 5.74) is 5.68. The molecule has 0 saturated carbocycles. The third kappa shape index (κ3) is 3.54. The molecule has 0 aliphatic rings. The van der Waals surface area contributed by atoms with Crippen molar-refractivity contribution in [2.24, 2.45) is 5.73 Å². The van der Waals surface area contributed by atoms with Crippen LogP contribution in [0.3, 0.4) is 0 Å². The lowest BCUT2D eigenvalue weighted by Gasteiger charge is -2.12. The van der Waals surface area contributed by atoms with Crippen LogP contribution in [0.1, 0.15) is 31.7 Å². The van der Waals surface area contributed by atoms with Gasteiger partial charge in [-0.3, -0.25) is 4.79 Å². The summed E-state index contributed by atoms with van der Waals surface area (Å²) < 4.78 is 13.3. The zero-order chi connectivity index (χ0) is 13.5. The van der Waals surface area contributed by atoms with E-state index in [4.69, 9.17) is 11.0 Å². The van der Waals surface area contributed by atoms with Gasteiger partial charge in [0.2, 0.25) is 5.91 Å². The molecule has 1 atom stereocenters. The van der Waals surface area contributed by atoms with Crippen LogP contribution in [-0.2, 0) is 4.79 Å². The molecule has 96 valence electrons. The molecule has 1 aromatic carbocycles. The smallest absolute Gasteiger partial charge is 0.241 e. The first-order valence-electron chi connectivity index (χ1n) is 5.85. The molecule has 0 fully saturated rings. The fourth-order valence-electron chi connectivity index (χ4n) is 1.52. The van der Waals surface area contributed by atoms with Crippen LogP contribution in [0.25, 0.3) is 0 Å². The molecule has 3 N–H and O–H groups in total. The van der Waals surface area contributed by atoms with Crippen molar-refractivity contribution in [2.45, 2.75) is 32.2 Å². The first-order valence-corrected chi connectivity index (χ1v) is 5.85. The molecule has 0 radical (unpaired) electrons. The number of unbranched alkanes of at least 4 members (excludes halogenated alkanes) is 1. The predicted octanol–water partition coefficient (Wildman–Crippen LogP) is 2.15. The van der Waals surface area contributed by atoms with Crippen LogP contribution in [0, 0.1) is 17.1 Å². The fourth-order valence-corrected chi connectivity index (χ4v) is 1.52. The highest BCUT2D eigenvalue weighted by Crippen LogP contribution is 2.18. The summed E-state index contributed by atoms with van der Waals surface area (Å²) in [5, 5.41) is 11.3. The number of nitriles is 1. The lowest BCUT2D eigenvalue weighted by Crippen LogP contribution is -2.35. The van der Waals surface area contributed by atoms with E-state index in [0.29, 0.717) is 6.42 Å². The van der Waals surface area contributed by atoms with Crippen LogP contribution in [0.2, 0.25) is 0 Å². The molecule has 4 nitrogen and oxygen atoms in total. The highest BCUT2D eigenvalue weighted by molar-refractivity contribution is 5.95. The van der Waals surface area contributed by atoms with Gasteiger partial charge < -0.3 is 11.1 Å². The number of nitrogens with zero attached hydrogens (tertiary/aromatic N) is 1. The van der Waals surface area contributed by atoms with E-state index >= 15 is 0 Å². The summed E-state index contributed by atoms with van der Waals surface area (Å²) in [6.07, 6.45) is 2.37. The van der Waals surface area contributed by atoms with Gasteiger partial charge in [-0.25, -0.2) is 4.39 Å². The van der Waals surface area contributed by atoms with Crippen molar-refractivity contribution in [1.82, 2.24) is 0 Å². The summed E-state index contributed by atoms with van der Waals surface area (Å²) in [5.74, 6) is -1.05. The second kappa shape index (κ2) is 6.72. The molecule has 0 saturated heterocycles. The van der Waals surface area contributed by atoms with Gasteiger partial charge in [0.05, 0.1) is 11.7 Å². The van der Waals surface area contributed by atoms with Crippen LogP contribution >= 0.6 is 0 Å². The van der Waals surface area contributed by atoms with Gasteiger partial charge in [-0.05, 0) is 18.6 Å². The zero-order valence-corrected chi connectivity index (χ0v) is 10.2. The Balaban J connectivity index is 2.76. The van der Waals surface area contributed by atoms with Gasteiger partial charge in [-0.1, -0.05) is 25.8 Å². The number of anilines is 1. The van der Waals surface area contributed by atoms with E-state index in [1.54, 1.807) is 6.07 Å². The first-order chi connectivity index (χ1) is 8.60. The Kier molecular flexibility index (Phi) is 5.28. The molecule has 1 aromatic rings. The number of rotatable bonds is 5. The number of amides is 1. The SMILES string of the molecule is CCCCC(N)C(=O)Nc1cccc(F)c1C#N. The highest BCUT2D eigenvalue weighted by atomic mass is 19.1. The normalized spacial score (nSPS) is 11.7. The minimum Gasteiger partial charge on any atom is -0.323 e. The molecule has 0 aliphatic carbocycles. The molecule has 0 spiro atoms. The fraction of sp³-hybridized carbons (Fsp3) is 0.385. The Hall–Kier alpha value is -1.93. The minimum absolute atomic E-state index is 0.162. The average molecular weight is 249 g/mol. The molecule has 1 unspecified atom stereocenters. The van der Waals surface area contributed by atoms with Crippen LogP contribution < -0.4 is 11.1 Å². The van der Waals surface area contributed by atoms with Crippen molar-refractivity contribution >= 4 is 11.6 Å². The molecule has 1 amide bonds. The molecule has 1 rings (SSSR count). The zero-order valence-electron chi connectivity index (χ0n) is 10.2. The van der Waals surface area contributed by atoms with E-state index in [9.17, 15) is 9.18 Å². The van der Waals surface area contributed by atoms with Gasteiger partial charge in [0.25, 0.3) is 0 Å². The van der Waals surface area contributed by atoms with Crippen molar-refractivity contribution in [3.8, 4) is 6.07 Å². The molecule has 0 aliphatic heterocycles. The molecule has 18 heavy (non-hydrogen) atoms. The van der Waals surface area contributed by atoms with Crippen LogP contribution in [0.15, 0.2) is 18.2 Å². The summed E-state index contributed by atoms with van der Waals surface area (Å²) in [4.78, 5) is 11.7. The number of hydrogen-bond donors (Lipinski definition) is 2. The second-order valence-electron chi connectivity index (χ2n) is 4.01. The third-order valence-electron chi connectivity index (χ3n) is 2.59. The van der Waals surface area contributed by atoms with E-state index in [0.717, 1.165) is 12.8 Å². The van der Waals surface area contributed by atoms with Gasteiger partial charge in [0.1, 0.15) is 17.4 Å². The minimum atomic E-state index is -0.655. The molecule has 0 heterocycles. The molecule has 0 aromatic heterocycles. The van der Waals surface area contributed by atoms with Gasteiger partial charge in [0.15, 0.2) is 0 Å². The second-order valence-corrected chi connectivity index (χ2v) is 4.01. The number of nitrogens with one attached hydrogen (secondary N) is 1. The molecule has 5 heteroatoms. The van der Waals surface area contributed by atoms with E-state index < -0.39 is 17.8 Å². The standard InChI is InChI=1S/C13H16FN3O/c1-2-3-6-11(16)13(18)17-12-7-4-5-10(14)9(12)8-15/h4-5,7,11H,2-3,6,16H2,1H3,(H,17,18). The van der Waals surface area contributed by atoms with Crippen molar-refractivity contribution in [3.63, 3.8) is 0 Å². The first kappa shape index (κ1) is 14.1. The van der Waals surface area contributed by atoms with E-state index in [-0.39, 0.29) is 11.3 Å². The van der Waals surface area contributed by atoms with E-state index in [2.05, 4.69) is 5.32 Å². The van der Waals surface area contributed by atoms with E-state index in [1.807, 2.05) is 6.92 Å². The Labute approximate surface area is 106 Å². The maximum Gasteiger partial charge on any atom is 0.241 e. The molecule has 0 bridgehead atoms. The Morgan fingerprint density at radius 3 is 2.94 bits per heavy atom. The van der Waals surface area contributed by atoms with Crippen molar-refractivity contribution < 1.29 is 9.18 Å². The Morgan fingerprint density at radius 1 is 1.61 bits per heavy atom. The van der Waals surface area contributed by atoms with Crippen LogP contribution in [0.5, 0.6) is 0 Å². The third-order valence-corrected chi connectivity index (χ3v) is 2.59. The number of nitrogens with two attached hydrogens (primary N) is 1. The maximum absolute atomic E-state index is 13.3. The molecular weight excluding hydrogens is 233 g/mol. The van der Waals surface area contributed by atoms with Gasteiger partial charge in [-0.15, -0.1) is 0 Å². The number of carbonyl (C=O) groups excluding carboxylic acids is 1. The topological polar surface area (TPSA) is 78.9 Å². The number of halogens is 1. The highest BCUT2D eigenvalue weighted by Gasteiger charge is 2.15.